The van der Waals surface area contributed by atoms with E-state index in [1.807, 2.05) is 25.6 Å². The minimum absolute atomic E-state index is 0.0713. The quantitative estimate of drug-likeness (QED) is 0.738. The number of rotatable bonds is 5. The summed E-state index contributed by atoms with van der Waals surface area (Å²) in [5.41, 5.74) is 5.58. The van der Waals surface area contributed by atoms with Crippen molar-refractivity contribution in [2.75, 3.05) is 7.05 Å². The third-order valence-electron chi connectivity index (χ3n) is 2.46. The zero-order chi connectivity index (χ0) is 11.4. The average Bonchev–Trinajstić information content (AvgIpc) is 2.63. The van der Waals surface area contributed by atoms with Crippen molar-refractivity contribution in [3.63, 3.8) is 0 Å². The molecule has 0 spiro atoms. The van der Waals surface area contributed by atoms with E-state index in [0.29, 0.717) is 11.5 Å². The number of likely N-dealkylation sites (N-methyl/N-ethyl adjacent to an activating group) is 1. The molecule has 0 fully saturated rings. The van der Waals surface area contributed by atoms with E-state index in [1.165, 1.54) is 0 Å². The Kier molecular flexibility index (Phi) is 4.16. The maximum Gasteiger partial charge on any atom is 0.141 e. The largest absolute Gasteiger partial charge is 0.392 e. The summed E-state index contributed by atoms with van der Waals surface area (Å²) in [7, 11) is 1.97. The van der Waals surface area contributed by atoms with Crippen LogP contribution in [0.2, 0.25) is 0 Å². The van der Waals surface area contributed by atoms with Crippen LogP contribution < -0.4 is 5.73 Å². The topological polar surface area (TPSA) is 60.0 Å². The Morgan fingerprint density at radius 1 is 1.73 bits per heavy atom. The molecule has 0 aliphatic rings. The number of thiocarbonyl (C=S) groups is 1. The average molecular weight is 227 g/mol. The number of hydrogen-bond donors (Lipinski definition) is 1. The van der Waals surface area contributed by atoms with Gasteiger partial charge in [0.2, 0.25) is 0 Å². The molecule has 1 unspecified atom stereocenters. The van der Waals surface area contributed by atoms with E-state index in [0.717, 1.165) is 12.4 Å². The van der Waals surface area contributed by atoms with E-state index in [1.54, 1.807) is 6.33 Å². The summed E-state index contributed by atoms with van der Waals surface area (Å²) < 4.78 is 1.86. The summed E-state index contributed by atoms with van der Waals surface area (Å²) in [6.45, 7) is 5.54. The maximum atomic E-state index is 5.58. The van der Waals surface area contributed by atoms with Crippen LogP contribution in [0, 0.1) is 0 Å². The second-order valence-corrected chi connectivity index (χ2v) is 3.96. The first-order valence-electron chi connectivity index (χ1n) is 4.92. The molecule has 1 heterocycles. The van der Waals surface area contributed by atoms with Crippen LogP contribution in [-0.2, 0) is 13.1 Å². The standard InChI is InChI=1S/C9H17N5S/c1-4-14-8(11-6-12-14)5-13(3)7(2)9(10)15/h6-7H,4-5H2,1-3H3,(H2,10,15). The van der Waals surface area contributed by atoms with Crippen LogP contribution in [0.3, 0.4) is 0 Å². The summed E-state index contributed by atoms with van der Waals surface area (Å²) in [6.07, 6.45) is 1.57. The lowest BCUT2D eigenvalue weighted by Gasteiger charge is -2.22. The lowest BCUT2D eigenvalue weighted by molar-refractivity contribution is 0.290. The fourth-order valence-electron chi connectivity index (χ4n) is 1.25. The van der Waals surface area contributed by atoms with Gasteiger partial charge in [-0.2, -0.15) is 5.10 Å². The Hall–Kier alpha value is -1.01. The van der Waals surface area contributed by atoms with Crippen LogP contribution in [0.4, 0.5) is 0 Å². The number of nitrogens with zero attached hydrogens (tertiary/aromatic N) is 4. The molecule has 84 valence electrons. The Morgan fingerprint density at radius 3 is 2.93 bits per heavy atom. The number of hydrogen-bond acceptors (Lipinski definition) is 4. The van der Waals surface area contributed by atoms with E-state index in [9.17, 15) is 0 Å². The summed E-state index contributed by atoms with van der Waals surface area (Å²) in [5, 5.41) is 4.11. The van der Waals surface area contributed by atoms with Crippen molar-refractivity contribution >= 4 is 17.2 Å². The highest BCUT2D eigenvalue weighted by atomic mass is 32.1. The van der Waals surface area contributed by atoms with E-state index in [4.69, 9.17) is 18.0 Å². The molecule has 1 aromatic heterocycles. The maximum absolute atomic E-state index is 5.58. The highest BCUT2D eigenvalue weighted by molar-refractivity contribution is 7.80. The van der Waals surface area contributed by atoms with Crippen LogP contribution in [0.15, 0.2) is 6.33 Å². The molecule has 5 nitrogen and oxygen atoms in total. The van der Waals surface area contributed by atoms with E-state index in [2.05, 4.69) is 15.0 Å². The van der Waals surface area contributed by atoms with Crippen molar-refractivity contribution in [1.29, 1.82) is 0 Å². The predicted molar refractivity (Wildman–Crippen MR) is 63.4 cm³/mol. The molecule has 1 atom stereocenters. The van der Waals surface area contributed by atoms with Crippen molar-refractivity contribution in [3.05, 3.63) is 12.2 Å². The highest BCUT2D eigenvalue weighted by Crippen LogP contribution is 2.03. The van der Waals surface area contributed by atoms with Gasteiger partial charge in [0.1, 0.15) is 12.2 Å². The molecule has 0 saturated heterocycles. The predicted octanol–water partition coefficient (Wildman–Crippen LogP) is 0.404. The van der Waals surface area contributed by atoms with Gasteiger partial charge in [-0.25, -0.2) is 9.67 Å². The Labute approximate surface area is 95.3 Å². The zero-order valence-corrected chi connectivity index (χ0v) is 10.2. The van der Waals surface area contributed by atoms with Crippen LogP contribution in [0.5, 0.6) is 0 Å². The smallest absolute Gasteiger partial charge is 0.141 e. The van der Waals surface area contributed by atoms with Crippen molar-refractivity contribution in [2.45, 2.75) is 33.0 Å². The normalized spacial score (nSPS) is 13.1. The van der Waals surface area contributed by atoms with E-state index < -0.39 is 0 Å². The van der Waals surface area contributed by atoms with E-state index in [-0.39, 0.29) is 6.04 Å². The third kappa shape index (κ3) is 2.97. The van der Waals surface area contributed by atoms with Crippen LogP contribution in [0.25, 0.3) is 0 Å². The van der Waals surface area contributed by atoms with Gasteiger partial charge in [0.25, 0.3) is 0 Å². The highest BCUT2D eigenvalue weighted by Gasteiger charge is 2.14. The molecule has 1 rings (SSSR count). The zero-order valence-electron chi connectivity index (χ0n) is 9.34. The molecule has 0 saturated carbocycles. The van der Waals surface area contributed by atoms with Gasteiger partial charge < -0.3 is 5.73 Å². The fraction of sp³-hybridized carbons (Fsp3) is 0.667. The molecule has 0 aliphatic heterocycles. The minimum atomic E-state index is 0.0713. The second kappa shape index (κ2) is 5.18. The first-order valence-corrected chi connectivity index (χ1v) is 5.33. The van der Waals surface area contributed by atoms with Gasteiger partial charge in [0, 0.05) is 6.54 Å². The lowest BCUT2D eigenvalue weighted by Crippen LogP contribution is -2.39. The molecule has 1 aromatic rings. The van der Waals surface area contributed by atoms with Gasteiger partial charge in [-0.1, -0.05) is 12.2 Å². The Morgan fingerprint density at radius 2 is 2.40 bits per heavy atom. The first kappa shape index (κ1) is 12.1. The number of aryl methyl sites for hydroxylation is 1. The second-order valence-electron chi connectivity index (χ2n) is 3.49. The Bertz CT molecular complexity index is 335. The summed E-state index contributed by atoms with van der Waals surface area (Å²) in [4.78, 5) is 6.75. The van der Waals surface area contributed by atoms with Crippen LogP contribution in [0.1, 0.15) is 19.7 Å². The van der Waals surface area contributed by atoms with Gasteiger partial charge in [-0.3, -0.25) is 4.90 Å². The SMILES string of the molecule is CCn1ncnc1CN(C)C(C)C(N)=S. The van der Waals surface area contributed by atoms with Crippen molar-refractivity contribution in [3.8, 4) is 0 Å². The molecule has 0 radical (unpaired) electrons. The molecule has 0 aliphatic carbocycles. The molecular weight excluding hydrogens is 210 g/mol. The fourth-order valence-corrected chi connectivity index (χ4v) is 1.43. The lowest BCUT2D eigenvalue weighted by atomic mass is 10.3. The van der Waals surface area contributed by atoms with Crippen LogP contribution >= 0.6 is 12.2 Å². The molecule has 2 N–H and O–H groups in total. The van der Waals surface area contributed by atoms with Crippen LogP contribution in [-0.4, -0.2) is 37.7 Å². The summed E-state index contributed by atoms with van der Waals surface area (Å²) in [5.74, 6) is 0.933. The summed E-state index contributed by atoms with van der Waals surface area (Å²) >= 11 is 4.94. The van der Waals surface area contributed by atoms with Crippen molar-refractivity contribution in [2.24, 2.45) is 5.73 Å². The number of aromatic nitrogens is 3. The van der Waals surface area contributed by atoms with Gasteiger partial charge in [-0.05, 0) is 20.9 Å². The van der Waals surface area contributed by atoms with Crippen molar-refractivity contribution < 1.29 is 0 Å². The van der Waals surface area contributed by atoms with Gasteiger partial charge in [0.15, 0.2) is 0 Å². The minimum Gasteiger partial charge on any atom is -0.392 e. The van der Waals surface area contributed by atoms with Gasteiger partial charge in [0.05, 0.1) is 17.6 Å². The molecule has 0 bridgehead atoms. The molecule has 0 aromatic carbocycles. The molecule has 6 heteroatoms. The molecule has 15 heavy (non-hydrogen) atoms. The molecule has 0 amide bonds. The van der Waals surface area contributed by atoms with E-state index >= 15 is 0 Å². The number of nitrogens with two attached hydrogens (primary N) is 1. The molecular formula is C9H17N5S. The Balaban J connectivity index is 2.65. The first-order chi connectivity index (χ1) is 7.06. The van der Waals surface area contributed by atoms with Crippen molar-refractivity contribution in [1.82, 2.24) is 19.7 Å². The van der Waals surface area contributed by atoms with Gasteiger partial charge >= 0.3 is 0 Å². The van der Waals surface area contributed by atoms with Gasteiger partial charge in [-0.15, -0.1) is 0 Å². The third-order valence-corrected chi connectivity index (χ3v) is 2.80. The monoisotopic (exact) mass is 227 g/mol. The summed E-state index contributed by atoms with van der Waals surface area (Å²) in [6, 6.07) is 0.0713.